The number of fused-ring (bicyclic) bond motifs is 1. The second kappa shape index (κ2) is 4.07. The first-order valence-electron chi connectivity index (χ1n) is 5.59. The van der Waals surface area contributed by atoms with Crippen LogP contribution in [-0.4, -0.2) is 18.1 Å². The average molecular weight is 237 g/mol. The van der Waals surface area contributed by atoms with E-state index in [1.807, 2.05) is 18.2 Å². The van der Waals surface area contributed by atoms with Gasteiger partial charge in [-0.05, 0) is 38.1 Å². The van der Waals surface area contributed by atoms with Gasteiger partial charge < -0.3 is 9.73 Å². The lowest BCUT2D eigenvalue weighted by atomic mass is 9.98. The summed E-state index contributed by atoms with van der Waals surface area (Å²) >= 11 is 5.92. The van der Waals surface area contributed by atoms with Gasteiger partial charge in [-0.15, -0.1) is 0 Å². The number of rotatable bonds is 1. The monoisotopic (exact) mass is 236 g/mol. The Labute approximate surface area is 98.8 Å². The molecule has 2 heterocycles. The molecule has 3 rings (SSSR count). The van der Waals surface area contributed by atoms with Crippen molar-refractivity contribution in [3.05, 3.63) is 29.1 Å². The molecule has 0 radical (unpaired) electrons. The van der Waals surface area contributed by atoms with Crippen LogP contribution in [0.25, 0.3) is 11.1 Å². The number of hydrogen-bond acceptors (Lipinski definition) is 3. The number of piperidine rings is 1. The minimum Gasteiger partial charge on any atom is -0.440 e. The molecule has 2 aromatic rings. The van der Waals surface area contributed by atoms with E-state index in [1.54, 1.807) is 0 Å². The Balaban J connectivity index is 1.97. The number of oxazole rings is 1. The number of hydrogen-bond donors (Lipinski definition) is 1. The van der Waals surface area contributed by atoms with Crippen molar-refractivity contribution < 1.29 is 4.42 Å². The van der Waals surface area contributed by atoms with Gasteiger partial charge >= 0.3 is 0 Å². The largest absolute Gasteiger partial charge is 0.440 e. The fourth-order valence-corrected chi connectivity index (χ4v) is 2.32. The van der Waals surface area contributed by atoms with Gasteiger partial charge in [-0.2, -0.15) is 0 Å². The van der Waals surface area contributed by atoms with Crippen molar-refractivity contribution in [2.24, 2.45) is 0 Å². The molecule has 1 saturated heterocycles. The van der Waals surface area contributed by atoms with Gasteiger partial charge in [0.25, 0.3) is 0 Å². The van der Waals surface area contributed by atoms with E-state index in [1.165, 1.54) is 0 Å². The zero-order chi connectivity index (χ0) is 11.0. The second-order valence-corrected chi connectivity index (χ2v) is 4.62. The van der Waals surface area contributed by atoms with E-state index in [2.05, 4.69) is 10.3 Å². The van der Waals surface area contributed by atoms with Crippen molar-refractivity contribution in [3.63, 3.8) is 0 Å². The fraction of sp³-hybridized carbons (Fsp3) is 0.417. The van der Waals surface area contributed by atoms with Gasteiger partial charge in [-0.3, -0.25) is 0 Å². The summed E-state index contributed by atoms with van der Waals surface area (Å²) in [7, 11) is 0. The van der Waals surface area contributed by atoms with Crippen LogP contribution in [0.4, 0.5) is 0 Å². The predicted octanol–water partition coefficient (Wildman–Crippen LogP) is 2.95. The summed E-state index contributed by atoms with van der Waals surface area (Å²) in [4.78, 5) is 4.52. The highest BCUT2D eigenvalue weighted by atomic mass is 35.5. The van der Waals surface area contributed by atoms with Gasteiger partial charge in [0.1, 0.15) is 5.52 Å². The molecule has 1 aromatic heterocycles. The van der Waals surface area contributed by atoms with Crippen LogP contribution in [-0.2, 0) is 0 Å². The molecule has 4 heteroatoms. The van der Waals surface area contributed by atoms with Crippen molar-refractivity contribution in [3.8, 4) is 0 Å². The number of halogens is 1. The highest BCUT2D eigenvalue weighted by Gasteiger charge is 2.20. The van der Waals surface area contributed by atoms with E-state index < -0.39 is 0 Å². The molecule has 0 amide bonds. The molecule has 0 aliphatic carbocycles. The number of aromatic nitrogens is 1. The maximum absolute atomic E-state index is 5.92. The van der Waals surface area contributed by atoms with Crippen LogP contribution < -0.4 is 5.32 Å². The molecule has 0 bridgehead atoms. The standard InChI is InChI=1S/C12H13ClN2O/c13-9-1-2-10-11(7-9)16-12(15-10)8-3-5-14-6-4-8/h1-2,7-8,14H,3-6H2. The molecular weight excluding hydrogens is 224 g/mol. The lowest BCUT2D eigenvalue weighted by Crippen LogP contribution is -2.26. The molecule has 0 spiro atoms. The first kappa shape index (κ1) is 10.1. The quantitative estimate of drug-likeness (QED) is 0.827. The SMILES string of the molecule is Clc1ccc2nc(C3CCNCC3)oc2c1. The lowest BCUT2D eigenvalue weighted by Gasteiger charge is -2.19. The summed E-state index contributed by atoms with van der Waals surface area (Å²) < 4.78 is 5.76. The van der Waals surface area contributed by atoms with Crippen LogP contribution >= 0.6 is 11.6 Å². The van der Waals surface area contributed by atoms with Crippen LogP contribution in [0.1, 0.15) is 24.7 Å². The maximum atomic E-state index is 5.92. The van der Waals surface area contributed by atoms with E-state index in [4.69, 9.17) is 16.0 Å². The van der Waals surface area contributed by atoms with Gasteiger partial charge in [0, 0.05) is 17.0 Å². The van der Waals surface area contributed by atoms with E-state index in [-0.39, 0.29) is 0 Å². The molecule has 1 fully saturated rings. The van der Waals surface area contributed by atoms with Crippen molar-refractivity contribution in [1.29, 1.82) is 0 Å². The maximum Gasteiger partial charge on any atom is 0.198 e. The number of benzene rings is 1. The first-order chi connectivity index (χ1) is 7.83. The third kappa shape index (κ3) is 1.81. The third-order valence-electron chi connectivity index (χ3n) is 3.06. The van der Waals surface area contributed by atoms with Crippen LogP contribution in [0.3, 0.4) is 0 Å². The second-order valence-electron chi connectivity index (χ2n) is 4.19. The van der Waals surface area contributed by atoms with Crippen molar-refractivity contribution >= 4 is 22.7 Å². The lowest BCUT2D eigenvalue weighted by molar-refractivity contribution is 0.385. The van der Waals surface area contributed by atoms with Crippen LogP contribution in [0.15, 0.2) is 22.6 Å². The van der Waals surface area contributed by atoms with Crippen LogP contribution in [0.5, 0.6) is 0 Å². The van der Waals surface area contributed by atoms with Gasteiger partial charge in [0.05, 0.1) is 0 Å². The summed E-state index contributed by atoms with van der Waals surface area (Å²) in [6.45, 7) is 2.09. The van der Waals surface area contributed by atoms with E-state index in [0.717, 1.165) is 42.9 Å². The summed E-state index contributed by atoms with van der Waals surface area (Å²) in [5.74, 6) is 1.31. The molecule has 84 valence electrons. The first-order valence-corrected chi connectivity index (χ1v) is 5.97. The molecular formula is C12H13ClN2O. The fourth-order valence-electron chi connectivity index (χ4n) is 2.16. The smallest absolute Gasteiger partial charge is 0.198 e. The summed E-state index contributed by atoms with van der Waals surface area (Å²) in [6, 6.07) is 5.58. The molecule has 1 N–H and O–H groups in total. The van der Waals surface area contributed by atoms with Gasteiger partial charge in [-0.1, -0.05) is 11.6 Å². The summed E-state index contributed by atoms with van der Waals surface area (Å²) in [6.07, 6.45) is 2.20. The zero-order valence-electron chi connectivity index (χ0n) is 8.87. The Bertz CT molecular complexity index is 503. The van der Waals surface area contributed by atoms with E-state index >= 15 is 0 Å². The van der Waals surface area contributed by atoms with Crippen LogP contribution in [0, 0.1) is 0 Å². The van der Waals surface area contributed by atoms with Gasteiger partial charge in [-0.25, -0.2) is 4.98 Å². The molecule has 1 aliphatic heterocycles. The summed E-state index contributed by atoms with van der Waals surface area (Å²) in [5, 5.41) is 4.03. The Kier molecular flexibility index (Phi) is 2.58. The van der Waals surface area contributed by atoms with Crippen molar-refractivity contribution in [1.82, 2.24) is 10.3 Å². The zero-order valence-corrected chi connectivity index (χ0v) is 9.63. The highest BCUT2D eigenvalue weighted by Crippen LogP contribution is 2.28. The molecule has 0 unspecified atom stereocenters. The Morgan fingerprint density at radius 3 is 2.94 bits per heavy atom. The molecule has 1 aliphatic rings. The van der Waals surface area contributed by atoms with Gasteiger partial charge in [0.2, 0.25) is 0 Å². The van der Waals surface area contributed by atoms with Crippen molar-refractivity contribution in [2.75, 3.05) is 13.1 Å². The molecule has 1 aromatic carbocycles. The molecule has 0 atom stereocenters. The average Bonchev–Trinajstić information content (AvgIpc) is 2.73. The molecule has 0 saturated carbocycles. The Hall–Kier alpha value is -1.06. The van der Waals surface area contributed by atoms with E-state index in [9.17, 15) is 0 Å². The summed E-state index contributed by atoms with van der Waals surface area (Å²) in [5.41, 5.74) is 1.69. The number of nitrogens with zero attached hydrogens (tertiary/aromatic N) is 1. The van der Waals surface area contributed by atoms with Crippen molar-refractivity contribution in [2.45, 2.75) is 18.8 Å². The highest BCUT2D eigenvalue weighted by molar-refractivity contribution is 6.31. The normalized spacial score (nSPS) is 18.1. The Morgan fingerprint density at radius 2 is 2.12 bits per heavy atom. The topological polar surface area (TPSA) is 38.1 Å². The Morgan fingerprint density at radius 1 is 1.31 bits per heavy atom. The minimum atomic E-state index is 0.451. The van der Waals surface area contributed by atoms with Crippen LogP contribution in [0.2, 0.25) is 5.02 Å². The van der Waals surface area contributed by atoms with Gasteiger partial charge in [0.15, 0.2) is 11.5 Å². The molecule has 16 heavy (non-hydrogen) atoms. The van der Waals surface area contributed by atoms with E-state index in [0.29, 0.717) is 10.9 Å². The molecule has 3 nitrogen and oxygen atoms in total. The third-order valence-corrected chi connectivity index (χ3v) is 3.29. The number of nitrogens with one attached hydrogen (secondary N) is 1. The minimum absolute atomic E-state index is 0.451. The predicted molar refractivity (Wildman–Crippen MR) is 63.9 cm³/mol.